The molecule has 112 valence electrons. The average Bonchev–Trinajstić information content (AvgIpc) is 2.93. The van der Waals surface area contributed by atoms with E-state index in [1.165, 1.54) is 11.3 Å². The van der Waals surface area contributed by atoms with Gasteiger partial charge in [-0.05, 0) is 46.1 Å². The number of nitrogens with one attached hydrogen (secondary N) is 1. The highest BCUT2D eigenvalue weighted by molar-refractivity contribution is 9.11. The van der Waals surface area contributed by atoms with Crippen molar-refractivity contribution < 1.29 is 13.2 Å². The van der Waals surface area contributed by atoms with E-state index in [4.69, 9.17) is 4.74 Å². The van der Waals surface area contributed by atoms with Crippen LogP contribution in [-0.2, 0) is 10.0 Å². The predicted molar refractivity (Wildman–Crippen MR) is 86.5 cm³/mol. The number of fused-ring (bicyclic) bond motifs is 1. The first-order chi connectivity index (χ1) is 10.1. The summed E-state index contributed by atoms with van der Waals surface area (Å²) < 4.78 is 33.9. The van der Waals surface area contributed by atoms with Gasteiger partial charge in [-0.2, -0.15) is 0 Å². The predicted octanol–water partition coefficient (Wildman–Crippen LogP) is 3.36. The van der Waals surface area contributed by atoms with E-state index in [0.29, 0.717) is 17.4 Å². The minimum Gasteiger partial charge on any atom is -0.493 e. The molecule has 1 aromatic carbocycles. The molecular formula is C14H14BrNO3S2. The van der Waals surface area contributed by atoms with Crippen LogP contribution in [0.3, 0.4) is 0 Å². The largest absolute Gasteiger partial charge is 0.493 e. The Labute approximate surface area is 136 Å². The fraction of sp³-hybridized carbons (Fsp3) is 0.286. The zero-order valence-electron chi connectivity index (χ0n) is 11.1. The van der Waals surface area contributed by atoms with Crippen LogP contribution < -0.4 is 9.46 Å². The number of rotatable bonds is 4. The molecule has 0 radical (unpaired) electrons. The van der Waals surface area contributed by atoms with Crippen molar-refractivity contribution in [1.29, 1.82) is 0 Å². The third kappa shape index (κ3) is 3.31. The molecule has 2 heterocycles. The lowest BCUT2D eigenvalue weighted by molar-refractivity contribution is 0.267. The molecule has 1 aliphatic heterocycles. The lowest BCUT2D eigenvalue weighted by atomic mass is 9.93. The highest BCUT2D eigenvalue weighted by Gasteiger charge is 2.24. The van der Waals surface area contributed by atoms with Gasteiger partial charge in [-0.15, -0.1) is 11.3 Å². The maximum atomic E-state index is 12.2. The summed E-state index contributed by atoms with van der Waals surface area (Å²) >= 11 is 4.49. The van der Waals surface area contributed by atoms with Crippen LogP contribution in [0, 0.1) is 0 Å². The molecule has 0 saturated carbocycles. The fourth-order valence-corrected chi connectivity index (χ4v) is 5.49. The number of halogens is 1. The molecule has 0 fully saturated rings. The van der Waals surface area contributed by atoms with Gasteiger partial charge in [-0.1, -0.05) is 18.2 Å². The first-order valence-electron chi connectivity index (χ1n) is 6.53. The Hall–Kier alpha value is -0.890. The molecule has 1 unspecified atom stereocenters. The Morgan fingerprint density at radius 2 is 2.10 bits per heavy atom. The van der Waals surface area contributed by atoms with Crippen molar-refractivity contribution in [2.45, 2.75) is 16.5 Å². The molecule has 0 aliphatic carbocycles. The molecule has 1 aliphatic rings. The third-order valence-electron chi connectivity index (χ3n) is 3.42. The molecule has 2 aromatic rings. The smallest absolute Gasteiger partial charge is 0.250 e. The van der Waals surface area contributed by atoms with Gasteiger partial charge in [0.25, 0.3) is 0 Å². The number of thiophene rings is 1. The molecule has 21 heavy (non-hydrogen) atoms. The zero-order valence-corrected chi connectivity index (χ0v) is 14.3. The summed E-state index contributed by atoms with van der Waals surface area (Å²) in [5.74, 6) is 1.000. The normalized spacial score (nSPS) is 18.0. The minimum absolute atomic E-state index is 0.146. The topological polar surface area (TPSA) is 55.4 Å². The summed E-state index contributed by atoms with van der Waals surface area (Å²) in [6.45, 7) is 1.01. The van der Waals surface area contributed by atoms with Crippen molar-refractivity contribution in [1.82, 2.24) is 4.72 Å². The summed E-state index contributed by atoms with van der Waals surface area (Å²) in [5, 5.41) is 0. The summed E-state index contributed by atoms with van der Waals surface area (Å²) in [5.41, 5.74) is 1.07. The van der Waals surface area contributed by atoms with E-state index < -0.39 is 10.0 Å². The maximum absolute atomic E-state index is 12.2. The molecule has 1 aromatic heterocycles. The van der Waals surface area contributed by atoms with E-state index in [1.54, 1.807) is 12.1 Å². The van der Waals surface area contributed by atoms with Crippen LogP contribution in [0.1, 0.15) is 17.9 Å². The van der Waals surface area contributed by atoms with Gasteiger partial charge in [-0.25, -0.2) is 13.1 Å². The molecule has 3 rings (SSSR count). The van der Waals surface area contributed by atoms with Crippen LogP contribution in [-0.4, -0.2) is 21.6 Å². The van der Waals surface area contributed by atoms with Crippen molar-refractivity contribution >= 4 is 37.3 Å². The summed E-state index contributed by atoms with van der Waals surface area (Å²) in [4.78, 5) is 0. The Morgan fingerprint density at radius 1 is 1.29 bits per heavy atom. The number of ether oxygens (including phenoxy) is 1. The first-order valence-corrected chi connectivity index (χ1v) is 9.62. The minimum atomic E-state index is -3.44. The van der Waals surface area contributed by atoms with Crippen LogP contribution in [0.4, 0.5) is 0 Å². The van der Waals surface area contributed by atoms with Gasteiger partial charge >= 0.3 is 0 Å². The Kier molecular flexibility index (Phi) is 4.35. The van der Waals surface area contributed by atoms with E-state index in [1.807, 2.05) is 24.3 Å². The van der Waals surface area contributed by atoms with Crippen molar-refractivity contribution in [2.24, 2.45) is 0 Å². The maximum Gasteiger partial charge on any atom is 0.250 e. The van der Waals surface area contributed by atoms with E-state index >= 15 is 0 Å². The average molecular weight is 388 g/mol. The molecular weight excluding hydrogens is 374 g/mol. The van der Waals surface area contributed by atoms with Crippen molar-refractivity contribution in [3.8, 4) is 5.75 Å². The van der Waals surface area contributed by atoms with Crippen molar-refractivity contribution in [3.05, 3.63) is 45.7 Å². The van der Waals surface area contributed by atoms with E-state index in [9.17, 15) is 8.42 Å². The summed E-state index contributed by atoms with van der Waals surface area (Å²) in [6.07, 6.45) is 0.813. The number of hydrogen-bond donors (Lipinski definition) is 1. The number of benzene rings is 1. The van der Waals surface area contributed by atoms with E-state index in [0.717, 1.165) is 21.5 Å². The van der Waals surface area contributed by atoms with Gasteiger partial charge in [0.15, 0.2) is 0 Å². The van der Waals surface area contributed by atoms with Crippen LogP contribution in [0.5, 0.6) is 5.75 Å². The SMILES string of the molecule is O=S(=O)(NCC1CCOc2ccccc21)c1ccc(Br)s1. The number of hydrogen-bond acceptors (Lipinski definition) is 4. The second kappa shape index (κ2) is 6.08. The first kappa shape index (κ1) is 15.0. The van der Waals surface area contributed by atoms with Crippen LogP contribution in [0.25, 0.3) is 0 Å². The standard InChI is InChI=1S/C14H14BrNO3S2/c15-13-5-6-14(20-13)21(17,18)16-9-10-7-8-19-12-4-2-1-3-11(10)12/h1-6,10,16H,7-9H2. The van der Waals surface area contributed by atoms with E-state index in [-0.39, 0.29) is 5.92 Å². The van der Waals surface area contributed by atoms with Crippen LogP contribution in [0.2, 0.25) is 0 Å². The van der Waals surface area contributed by atoms with Gasteiger partial charge in [-0.3, -0.25) is 0 Å². The Bertz CT molecular complexity index is 742. The second-order valence-corrected chi connectivity index (χ2v) is 9.24. The monoisotopic (exact) mass is 387 g/mol. The number of sulfonamides is 1. The molecule has 4 nitrogen and oxygen atoms in total. The van der Waals surface area contributed by atoms with E-state index in [2.05, 4.69) is 20.7 Å². The molecule has 0 saturated heterocycles. The van der Waals surface area contributed by atoms with Gasteiger partial charge < -0.3 is 4.74 Å². The Balaban J connectivity index is 1.74. The lowest BCUT2D eigenvalue weighted by Gasteiger charge is -2.25. The highest BCUT2D eigenvalue weighted by atomic mass is 79.9. The quantitative estimate of drug-likeness (QED) is 0.874. The molecule has 0 spiro atoms. The van der Waals surface area contributed by atoms with Gasteiger partial charge in [0.2, 0.25) is 10.0 Å². The third-order valence-corrected chi connectivity index (χ3v) is 6.95. The Morgan fingerprint density at radius 3 is 2.86 bits per heavy atom. The molecule has 0 amide bonds. The van der Waals surface area contributed by atoms with Gasteiger partial charge in [0.1, 0.15) is 9.96 Å². The summed E-state index contributed by atoms with van der Waals surface area (Å²) in [7, 11) is -3.44. The zero-order chi connectivity index (χ0) is 14.9. The van der Waals surface area contributed by atoms with Crippen LogP contribution >= 0.6 is 27.3 Å². The number of para-hydroxylation sites is 1. The van der Waals surface area contributed by atoms with Crippen molar-refractivity contribution in [2.75, 3.05) is 13.2 Å². The molecule has 0 bridgehead atoms. The highest BCUT2D eigenvalue weighted by Crippen LogP contribution is 2.33. The van der Waals surface area contributed by atoms with Gasteiger partial charge in [0, 0.05) is 12.5 Å². The molecule has 7 heteroatoms. The second-order valence-electron chi connectivity index (χ2n) is 4.78. The fourth-order valence-electron chi connectivity index (χ4n) is 2.35. The lowest BCUT2D eigenvalue weighted by Crippen LogP contribution is -2.30. The van der Waals surface area contributed by atoms with Crippen LogP contribution in [0.15, 0.2) is 44.4 Å². The summed E-state index contributed by atoms with van der Waals surface area (Å²) in [6, 6.07) is 11.1. The molecule has 1 atom stereocenters. The molecule has 1 N–H and O–H groups in total. The van der Waals surface area contributed by atoms with Crippen molar-refractivity contribution in [3.63, 3.8) is 0 Å². The van der Waals surface area contributed by atoms with Gasteiger partial charge in [0.05, 0.1) is 10.4 Å².